The molecule has 3 aromatic rings. The minimum absolute atomic E-state index is 0.250. The van der Waals surface area contributed by atoms with Gasteiger partial charge in [-0.15, -0.1) is 0 Å². The van der Waals surface area contributed by atoms with Crippen LogP contribution in [-0.4, -0.2) is 22.0 Å². The zero-order chi connectivity index (χ0) is 21.0. The lowest BCUT2D eigenvalue weighted by Crippen LogP contribution is -2.30. The zero-order valence-corrected chi connectivity index (χ0v) is 17.6. The SMILES string of the molecule is Cc1cc(C)nc(Oc2cccc(NC(=O)C(C)Oc3ccc(Cl)cc3Cl)c2)n1. The number of carbonyl (C=O) groups excluding carboxylic acids is 1. The Bertz CT molecular complexity index is 1020. The van der Waals surface area contributed by atoms with Gasteiger partial charge in [0.15, 0.2) is 6.10 Å². The highest BCUT2D eigenvalue weighted by atomic mass is 35.5. The average molecular weight is 432 g/mol. The van der Waals surface area contributed by atoms with Crippen LogP contribution in [0.5, 0.6) is 17.5 Å². The first-order valence-electron chi connectivity index (χ1n) is 8.83. The molecule has 29 heavy (non-hydrogen) atoms. The number of benzene rings is 2. The fraction of sp³-hybridized carbons (Fsp3) is 0.190. The second kappa shape index (κ2) is 9.11. The third kappa shape index (κ3) is 5.82. The summed E-state index contributed by atoms with van der Waals surface area (Å²) in [5.41, 5.74) is 2.17. The molecule has 3 rings (SSSR count). The molecule has 0 spiro atoms. The van der Waals surface area contributed by atoms with Crippen molar-refractivity contribution in [2.75, 3.05) is 5.32 Å². The van der Waals surface area contributed by atoms with Crippen LogP contribution in [0.4, 0.5) is 5.69 Å². The van der Waals surface area contributed by atoms with Crippen molar-refractivity contribution in [1.29, 1.82) is 0 Å². The molecule has 0 saturated carbocycles. The van der Waals surface area contributed by atoms with E-state index in [2.05, 4.69) is 15.3 Å². The van der Waals surface area contributed by atoms with E-state index in [0.717, 1.165) is 11.4 Å². The van der Waals surface area contributed by atoms with Gasteiger partial charge >= 0.3 is 6.01 Å². The maximum Gasteiger partial charge on any atom is 0.322 e. The van der Waals surface area contributed by atoms with Crippen molar-refractivity contribution in [3.63, 3.8) is 0 Å². The third-order valence-corrected chi connectivity index (χ3v) is 4.37. The Morgan fingerprint density at radius 2 is 1.76 bits per heavy atom. The number of halogens is 2. The zero-order valence-electron chi connectivity index (χ0n) is 16.1. The number of nitrogens with one attached hydrogen (secondary N) is 1. The van der Waals surface area contributed by atoms with Gasteiger partial charge in [0.1, 0.15) is 11.5 Å². The summed E-state index contributed by atoms with van der Waals surface area (Å²) in [4.78, 5) is 21.0. The van der Waals surface area contributed by atoms with Crippen molar-refractivity contribution >= 4 is 34.8 Å². The molecule has 150 valence electrons. The highest BCUT2D eigenvalue weighted by Crippen LogP contribution is 2.28. The number of aromatic nitrogens is 2. The summed E-state index contributed by atoms with van der Waals surface area (Å²) >= 11 is 12.0. The number of aryl methyl sites for hydroxylation is 2. The first kappa shape index (κ1) is 20.9. The quantitative estimate of drug-likeness (QED) is 0.549. The van der Waals surface area contributed by atoms with Crippen molar-refractivity contribution in [2.45, 2.75) is 26.9 Å². The summed E-state index contributed by atoms with van der Waals surface area (Å²) in [6.45, 7) is 5.36. The van der Waals surface area contributed by atoms with Crippen molar-refractivity contribution in [2.24, 2.45) is 0 Å². The molecule has 0 aliphatic heterocycles. The molecular weight excluding hydrogens is 413 g/mol. The summed E-state index contributed by atoms with van der Waals surface area (Å²) in [5, 5.41) is 3.61. The van der Waals surface area contributed by atoms with Gasteiger partial charge in [0.25, 0.3) is 5.91 Å². The number of ether oxygens (including phenoxy) is 2. The smallest absolute Gasteiger partial charge is 0.322 e. The lowest BCUT2D eigenvalue weighted by Gasteiger charge is -2.16. The van der Waals surface area contributed by atoms with Crippen LogP contribution in [0.25, 0.3) is 0 Å². The van der Waals surface area contributed by atoms with E-state index in [-0.39, 0.29) is 11.9 Å². The van der Waals surface area contributed by atoms with E-state index in [9.17, 15) is 4.79 Å². The van der Waals surface area contributed by atoms with E-state index in [1.807, 2.05) is 19.9 Å². The average Bonchev–Trinajstić information content (AvgIpc) is 2.63. The maximum absolute atomic E-state index is 12.5. The Kier molecular flexibility index (Phi) is 6.56. The van der Waals surface area contributed by atoms with Crippen molar-refractivity contribution in [1.82, 2.24) is 9.97 Å². The molecule has 1 amide bonds. The van der Waals surface area contributed by atoms with E-state index in [0.29, 0.717) is 27.2 Å². The van der Waals surface area contributed by atoms with Crippen LogP contribution in [0.15, 0.2) is 48.5 Å². The van der Waals surface area contributed by atoms with E-state index in [1.54, 1.807) is 49.4 Å². The van der Waals surface area contributed by atoms with Gasteiger partial charge in [-0.1, -0.05) is 29.3 Å². The Labute approximate surface area is 178 Å². The lowest BCUT2D eigenvalue weighted by molar-refractivity contribution is -0.122. The minimum atomic E-state index is -0.777. The molecule has 1 atom stereocenters. The van der Waals surface area contributed by atoms with Gasteiger partial charge in [-0.2, -0.15) is 0 Å². The van der Waals surface area contributed by atoms with Crippen molar-refractivity contribution < 1.29 is 14.3 Å². The Balaban J connectivity index is 1.66. The number of carbonyl (C=O) groups is 1. The molecule has 0 aliphatic carbocycles. The van der Waals surface area contributed by atoms with Gasteiger partial charge in [0.2, 0.25) is 0 Å². The number of nitrogens with zero attached hydrogens (tertiary/aromatic N) is 2. The highest BCUT2D eigenvalue weighted by molar-refractivity contribution is 6.35. The van der Waals surface area contributed by atoms with Crippen LogP contribution in [0, 0.1) is 13.8 Å². The normalized spacial score (nSPS) is 11.6. The summed E-state index contributed by atoms with van der Waals surface area (Å²) < 4.78 is 11.3. The monoisotopic (exact) mass is 431 g/mol. The predicted octanol–water partition coefficient (Wildman–Crippen LogP) is 5.60. The molecule has 6 nitrogen and oxygen atoms in total. The number of hydrogen-bond acceptors (Lipinski definition) is 5. The van der Waals surface area contributed by atoms with Gasteiger partial charge in [-0.05, 0) is 57.2 Å². The Hall–Kier alpha value is -2.83. The summed E-state index contributed by atoms with van der Waals surface area (Å²) in [6.07, 6.45) is -0.777. The Morgan fingerprint density at radius 1 is 1.03 bits per heavy atom. The van der Waals surface area contributed by atoms with Gasteiger partial charge in [0.05, 0.1) is 5.02 Å². The highest BCUT2D eigenvalue weighted by Gasteiger charge is 2.17. The molecule has 0 radical (unpaired) electrons. The van der Waals surface area contributed by atoms with Crippen LogP contribution < -0.4 is 14.8 Å². The van der Waals surface area contributed by atoms with Gasteiger partial charge in [-0.25, -0.2) is 9.97 Å². The predicted molar refractivity (Wildman–Crippen MR) is 113 cm³/mol. The molecule has 2 aromatic carbocycles. The van der Waals surface area contributed by atoms with Crippen LogP contribution in [0.1, 0.15) is 18.3 Å². The van der Waals surface area contributed by atoms with Crippen molar-refractivity contribution in [3.05, 3.63) is 70.0 Å². The van der Waals surface area contributed by atoms with Crippen LogP contribution in [0.3, 0.4) is 0 Å². The summed E-state index contributed by atoms with van der Waals surface area (Å²) in [6, 6.07) is 13.9. The van der Waals surface area contributed by atoms with E-state index >= 15 is 0 Å². The summed E-state index contributed by atoms with van der Waals surface area (Å²) in [5.74, 6) is 0.542. The summed E-state index contributed by atoms with van der Waals surface area (Å²) in [7, 11) is 0. The molecule has 0 fully saturated rings. The largest absolute Gasteiger partial charge is 0.479 e. The van der Waals surface area contributed by atoms with E-state index in [4.69, 9.17) is 32.7 Å². The van der Waals surface area contributed by atoms with Gasteiger partial charge in [-0.3, -0.25) is 4.79 Å². The number of rotatable bonds is 6. The molecule has 1 heterocycles. The lowest BCUT2D eigenvalue weighted by atomic mass is 10.2. The van der Waals surface area contributed by atoms with Crippen LogP contribution in [-0.2, 0) is 4.79 Å². The Morgan fingerprint density at radius 3 is 2.45 bits per heavy atom. The number of amides is 1. The molecular formula is C21H19Cl2N3O3. The second-order valence-electron chi connectivity index (χ2n) is 6.39. The molecule has 1 unspecified atom stereocenters. The molecule has 0 bridgehead atoms. The first-order chi connectivity index (χ1) is 13.8. The topological polar surface area (TPSA) is 73.3 Å². The molecule has 8 heteroatoms. The number of anilines is 1. The first-order valence-corrected chi connectivity index (χ1v) is 9.58. The molecule has 0 aliphatic rings. The molecule has 1 N–H and O–H groups in total. The second-order valence-corrected chi connectivity index (χ2v) is 7.23. The fourth-order valence-electron chi connectivity index (χ4n) is 2.54. The minimum Gasteiger partial charge on any atom is -0.479 e. The van der Waals surface area contributed by atoms with Crippen molar-refractivity contribution in [3.8, 4) is 17.5 Å². The van der Waals surface area contributed by atoms with Crippen LogP contribution in [0.2, 0.25) is 10.0 Å². The van der Waals surface area contributed by atoms with Gasteiger partial charge in [0, 0.05) is 28.2 Å². The maximum atomic E-state index is 12.5. The number of hydrogen-bond donors (Lipinski definition) is 1. The third-order valence-electron chi connectivity index (χ3n) is 3.84. The van der Waals surface area contributed by atoms with E-state index in [1.165, 1.54) is 0 Å². The fourth-order valence-corrected chi connectivity index (χ4v) is 2.99. The van der Waals surface area contributed by atoms with Gasteiger partial charge < -0.3 is 14.8 Å². The standard InChI is InChI=1S/C21H19Cl2N3O3/c1-12-9-13(2)25-21(24-12)29-17-6-4-5-16(11-17)26-20(27)14(3)28-19-8-7-15(22)10-18(19)23/h4-11,14H,1-3H3,(H,26,27). The molecule has 1 aromatic heterocycles. The molecule has 0 saturated heterocycles. The van der Waals surface area contributed by atoms with E-state index < -0.39 is 6.10 Å². The van der Waals surface area contributed by atoms with Crippen LogP contribution >= 0.6 is 23.2 Å².